The molecule has 0 radical (unpaired) electrons. The molecule has 3 rings (SSSR count). The Balaban J connectivity index is 1.72. The summed E-state index contributed by atoms with van der Waals surface area (Å²) < 4.78 is 30.2. The minimum absolute atomic E-state index is 0.323. The first kappa shape index (κ1) is 20.1. The minimum Gasteiger partial charge on any atom is -0.454 e. The lowest BCUT2D eigenvalue weighted by atomic mass is 10.00. The van der Waals surface area contributed by atoms with E-state index in [-0.39, 0.29) is 12.4 Å². The van der Waals surface area contributed by atoms with Crippen LogP contribution in [0.2, 0.25) is 0 Å². The zero-order chi connectivity index (χ0) is 20.6. The van der Waals surface area contributed by atoms with Crippen LogP contribution in [0.1, 0.15) is 43.0 Å². The maximum absolute atomic E-state index is 12.5. The number of aryl methyl sites for hydroxylation is 3. The Bertz CT molecular complexity index is 1050. The lowest BCUT2D eigenvalue weighted by Crippen LogP contribution is -2.27. The summed E-state index contributed by atoms with van der Waals surface area (Å²) in [6, 6.07) is 8.69. The van der Waals surface area contributed by atoms with Gasteiger partial charge in [-0.2, -0.15) is 0 Å². The zero-order valence-electron chi connectivity index (χ0n) is 16.4. The number of carbonyl (C=O) groups excluding carboxylic acids is 2. The lowest BCUT2D eigenvalue weighted by molar-refractivity contribution is 0.0473. The number of hydrogen-bond donors (Lipinski definition) is 0. The number of esters is 1. The maximum atomic E-state index is 12.5. The molecule has 0 fully saturated rings. The van der Waals surface area contributed by atoms with Crippen molar-refractivity contribution in [3.63, 3.8) is 0 Å². The summed E-state index contributed by atoms with van der Waals surface area (Å²) in [6.07, 6.45) is 1.71. The van der Waals surface area contributed by atoms with Gasteiger partial charge in [0.2, 0.25) is 10.0 Å². The van der Waals surface area contributed by atoms with Crippen LogP contribution < -0.4 is 4.31 Å². The number of nitrogens with zero attached hydrogens (tertiary/aromatic N) is 1. The molecule has 0 N–H and O–H groups in total. The van der Waals surface area contributed by atoms with Crippen molar-refractivity contribution in [3.8, 4) is 0 Å². The van der Waals surface area contributed by atoms with Crippen molar-refractivity contribution in [2.45, 2.75) is 27.2 Å². The average molecular weight is 401 g/mol. The molecule has 148 valence electrons. The molecule has 2 aromatic carbocycles. The van der Waals surface area contributed by atoms with Gasteiger partial charge in [-0.05, 0) is 62.1 Å². The molecule has 28 heavy (non-hydrogen) atoms. The summed E-state index contributed by atoms with van der Waals surface area (Å²) in [6.45, 7) is 5.64. The van der Waals surface area contributed by atoms with Crippen molar-refractivity contribution in [2.24, 2.45) is 0 Å². The van der Waals surface area contributed by atoms with Crippen molar-refractivity contribution in [3.05, 3.63) is 63.7 Å². The first-order valence-corrected chi connectivity index (χ1v) is 10.8. The largest absolute Gasteiger partial charge is 0.454 e. The Morgan fingerprint density at radius 2 is 1.71 bits per heavy atom. The van der Waals surface area contributed by atoms with Gasteiger partial charge in [0.05, 0.1) is 17.5 Å². The van der Waals surface area contributed by atoms with E-state index >= 15 is 0 Å². The van der Waals surface area contributed by atoms with Crippen LogP contribution in [0.4, 0.5) is 5.69 Å². The van der Waals surface area contributed by atoms with E-state index in [1.807, 2.05) is 32.9 Å². The molecule has 1 aliphatic heterocycles. The van der Waals surface area contributed by atoms with E-state index in [4.69, 9.17) is 4.74 Å². The highest BCUT2D eigenvalue weighted by molar-refractivity contribution is 7.92. The number of Topliss-reactive ketones (excluding diaryl/α,β-unsaturated/α-hetero) is 1. The second-order valence-electron chi connectivity index (χ2n) is 7.20. The van der Waals surface area contributed by atoms with E-state index in [1.54, 1.807) is 18.2 Å². The third-order valence-electron chi connectivity index (χ3n) is 4.87. The Morgan fingerprint density at radius 1 is 1.07 bits per heavy atom. The highest BCUT2D eigenvalue weighted by Gasteiger charge is 2.27. The van der Waals surface area contributed by atoms with Gasteiger partial charge < -0.3 is 4.74 Å². The van der Waals surface area contributed by atoms with E-state index in [1.165, 1.54) is 4.31 Å². The van der Waals surface area contributed by atoms with Crippen molar-refractivity contribution in [1.82, 2.24) is 0 Å². The number of fused-ring (bicyclic) bond motifs is 1. The Kier molecular flexibility index (Phi) is 5.30. The molecule has 7 heteroatoms. The number of anilines is 1. The van der Waals surface area contributed by atoms with Crippen LogP contribution in [0, 0.1) is 20.8 Å². The fourth-order valence-corrected chi connectivity index (χ4v) is 4.64. The topological polar surface area (TPSA) is 80.8 Å². The third-order valence-corrected chi connectivity index (χ3v) is 6.05. The van der Waals surface area contributed by atoms with Crippen LogP contribution in [0.3, 0.4) is 0 Å². The quantitative estimate of drug-likeness (QED) is 0.568. The summed E-state index contributed by atoms with van der Waals surface area (Å²) in [5.74, 6) is -0.843. The van der Waals surface area contributed by atoms with Gasteiger partial charge in [0.1, 0.15) is 0 Å². The highest BCUT2D eigenvalue weighted by atomic mass is 32.2. The number of sulfonamides is 1. The smallest absolute Gasteiger partial charge is 0.339 e. The van der Waals surface area contributed by atoms with E-state index in [0.29, 0.717) is 29.8 Å². The number of ketones is 1. The second-order valence-corrected chi connectivity index (χ2v) is 9.11. The summed E-state index contributed by atoms with van der Waals surface area (Å²) in [4.78, 5) is 24.9. The Hall–Kier alpha value is -2.67. The van der Waals surface area contributed by atoms with E-state index in [2.05, 4.69) is 0 Å². The predicted molar refractivity (Wildman–Crippen MR) is 108 cm³/mol. The number of rotatable bonds is 5. The fourth-order valence-electron chi connectivity index (χ4n) is 3.68. The molecule has 0 amide bonds. The molecule has 6 nitrogen and oxygen atoms in total. The second kappa shape index (κ2) is 7.39. The highest BCUT2D eigenvalue weighted by Crippen LogP contribution is 2.30. The maximum Gasteiger partial charge on any atom is 0.339 e. The number of hydrogen-bond acceptors (Lipinski definition) is 5. The number of carbonyl (C=O) groups is 2. The average Bonchev–Trinajstić information content (AvgIpc) is 3.02. The molecule has 0 spiro atoms. The first-order valence-electron chi connectivity index (χ1n) is 8.96. The number of ether oxygens (including phenoxy) is 1. The molecule has 0 bridgehead atoms. The Labute approximate surface area is 165 Å². The normalized spacial score (nSPS) is 13.4. The third kappa shape index (κ3) is 3.94. The number of benzene rings is 2. The van der Waals surface area contributed by atoms with E-state index in [0.717, 1.165) is 28.5 Å². The van der Waals surface area contributed by atoms with Crippen molar-refractivity contribution in [1.29, 1.82) is 0 Å². The first-order chi connectivity index (χ1) is 13.1. The van der Waals surface area contributed by atoms with Crippen LogP contribution in [0.15, 0.2) is 30.3 Å². The van der Waals surface area contributed by atoms with Gasteiger partial charge in [0.25, 0.3) is 0 Å². The summed E-state index contributed by atoms with van der Waals surface area (Å²) in [7, 11) is -3.33. The van der Waals surface area contributed by atoms with Crippen molar-refractivity contribution < 1.29 is 22.7 Å². The molecule has 2 aromatic rings. The van der Waals surface area contributed by atoms with Gasteiger partial charge >= 0.3 is 5.97 Å². The van der Waals surface area contributed by atoms with Crippen LogP contribution in [0.25, 0.3) is 0 Å². The van der Waals surface area contributed by atoms with Gasteiger partial charge in [-0.3, -0.25) is 9.10 Å². The molecule has 1 aliphatic rings. The molecule has 0 atom stereocenters. The van der Waals surface area contributed by atoms with Crippen molar-refractivity contribution >= 4 is 27.5 Å². The monoisotopic (exact) mass is 401 g/mol. The molecular weight excluding hydrogens is 378 g/mol. The zero-order valence-corrected chi connectivity index (χ0v) is 17.2. The van der Waals surface area contributed by atoms with E-state index in [9.17, 15) is 18.0 Å². The predicted octanol–water partition coefficient (Wildman–Crippen LogP) is 2.97. The molecule has 0 aromatic heterocycles. The fraction of sp³-hybridized carbons (Fsp3) is 0.333. The molecule has 0 saturated heterocycles. The molecular formula is C21H23NO5S. The molecule has 0 saturated carbocycles. The van der Waals surface area contributed by atoms with Gasteiger partial charge in [0, 0.05) is 12.1 Å². The van der Waals surface area contributed by atoms with Crippen LogP contribution in [-0.4, -0.2) is 39.6 Å². The molecule has 0 unspecified atom stereocenters. The Morgan fingerprint density at radius 3 is 2.32 bits per heavy atom. The molecule has 0 aliphatic carbocycles. The van der Waals surface area contributed by atoms with Crippen LogP contribution >= 0.6 is 0 Å². The van der Waals surface area contributed by atoms with Crippen molar-refractivity contribution in [2.75, 3.05) is 23.7 Å². The van der Waals surface area contributed by atoms with Crippen LogP contribution in [0.5, 0.6) is 0 Å². The van der Waals surface area contributed by atoms with E-state index < -0.39 is 16.0 Å². The molecule has 1 heterocycles. The standard InChI is InChI=1S/C21H23NO5S/c1-13-9-14(2)20(15(3)10-13)21(24)27-12-19(23)17-5-6-18-16(11-17)7-8-22(18)28(4,25)26/h5-6,9-11H,7-8,12H2,1-4H3. The minimum atomic E-state index is -3.33. The summed E-state index contributed by atoms with van der Waals surface area (Å²) in [5.41, 5.74) is 4.97. The van der Waals surface area contributed by atoms with Gasteiger partial charge in [-0.15, -0.1) is 0 Å². The lowest BCUT2D eigenvalue weighted by Gasteiger charge is -2.16. The summed E-state index contributed by atoms with van der Waals surface area (Å²) >= 11 is 0. The SMILES string of the molecule is Cc1cc(C)c(C(=O)OCC(=O)c2ccc3c(c2)CCN3S(C)(=O)=O)c(C)c1. The van der Waals surface area contributed by atoms with Gasteiger partial charge in [-0.1, -0.05) is 17.7 Å². The summed E-state index contributed by atoms with van der Waals surface area (Å²) in [5, 5.41) is 0. The van der Waals surface area contributed by atoms with Crippen LogP contribution in [-0.2, 0) is 21.2 Å². The van der Waals surface area contributed by atoms with Gasteiger partial charge in [-0.25, -0.2) is 13.2 Å². The van der Waals surface area contributed by atoms with Gasteiger partial charge in [0.15, 0.2) is 12.4 Å².